The average Bonchev–Trinajstić information content (AvgIpc) is 3.06. The summed E-state index contributed by atoms with van der Waals surface area (Å²) in [5, 5.41) is 3.45. The number of nitrogens with two attached hydrogens (primary N) is 1. The molecule has 0 bridgehead atoms. The van der Waals surface area contributed by atoms with E-state index >= 15 is 0 Å². The van der Waals surface area contributed by atoms with Crippen LogP contribution in [-0.4, -0.2) is 43.1 Å². The second kappa shape index (κ2) is 5.56. The summed E-state index contributed by atoms with van der Waals surface area (Å²) in [6.45, 7) is 6.29. The van der Waals surface area contributed by atoms with Gasteiger partial charge in [0.15, 0.2) is 0 Å². The zero-order valence-corrected chi connectivity index (χ0v) is 13.5. The lowest BCUT2D eigenvalue weighted by Gasteiger charge is -2.33. The van der Waals surface area contributed by atoms with Gasteiger partial charge in [-0.25, -0.2) is 0 Å². The van der Waals surface area contributed by atoms with Crippen molar-refractivity contribution in [2.45, 2.75) is 25.4 Å². The third-order valence-corrected chi connectivity index (χ3v) is 4.83. The minimum Gasteiger partial charge on any atom is -0.497 e. The molecule has 5 heteroatoms. The average molecular weight is 303 g/mol. The molecule has 2 aliphatic heterocycles. The van der Waals surface area contributed by atoms with E-state index in [-0.39, 0.29) is 11.9 Å². The van der Waals surface area contributed by atoms with Gasteiger partial charge in [0.2, 0.25) is 5.91 Å². The van der Waals surface area contributed by atoms with Crippen LogP contribution in [0.3, 0.4) is 0 Å². The van der Waals surface area contributed by atoms with Gasteiger partial charge in [-0.1, -0.05) is 12.1 Å². The Kier molecular flexibility index (Phi) is 3.87. The molecule has 2 fully saturated rings. The van der Waals surface area contributed by atoms with Crippen molar-refractivity contribution >= 4 is 5.91 Å². The number of nitrogens with one attached hydrogen (secondary N) is 1. The highest BCUT2D eigenvalue weighted by Crippen LogP contribution is 2.43. The zero-order chi connectivity index (χ0) is 15.9. The number of ether oxygens (including phenoxy) is 1. The highest BCUT2D eigenvalue weighted by molar-refractivity contribution is 5.86. The first-order chi connectivity index (χ1) is 10.4. The summed E-state index contributed by atoms with van der Waals surface area (Å²) >= 11 is 0. The van der Waals surface area contributed by atoms with E-state index in [0.29, 0.717) is 11.8 Å². The summed E-state index contributed by atoms with van der Waals surface area (Å²) < 4.78 is 5.23. The molecule has 22 heavy (non-hydrogen) atoms. The number of hydrogen-bond donors (Lipinski definition) is 2. The topological polar surface area (TPSA) is 67.6 Å². The molecular weight excluding hydrogens is 278 g/mol. The first kappa shape index (κ1) is 15.3. The molecule has 3 N–H and O–H groups in total. The van der Waals surface area contributed by atoms with Crippen LogP contribution in [-0.2, 0) is 4.79 Å². The molecule has 1 aromatic carbocycles. The molecule has 0 spiro atoms. The summed E-state index contributed by atoms with van der Waals surface area (Å²) in [4.78, 5) is 14.7. The number of nitrogens with zero attached hydrogens (tertiary/aromatic N) is 1. The van der Waals surface area contributed by atoms with E-state index < -0.39 is 5.54 Å². The van der Waals surface area contributed by atoms with Gasteiger partial charge in [0.25, 0.3) is 0 Å². The maximum atomic E-state index is 12.8. The monoisotopic (exact) mass is 303 g/mol. The van der Waals surface area contributed by atoms with E-state index in [0.717, 1.165) is 30.9 Å². The molecular formula is C17H25N3O2. The van der Waals surface area contributed by atoms with Gasteiger partial charge in [0.05, 0.1) is 18.7 Å². The Morgan fingerprint density at radius 3 is 2.59 bits per heavy atom. The first-order valence-corrected chi connectivity index (χ1v) is 7.86. The minimum absolute atomic E-state index is 0.0303. The van der Waals surface area contributed by atoms with E-state index in [9.17, 15) is 4.79 Å². The predicted octanol–water partition coefficient (Wildman–Crippen LogP) is 1.15. The highest BCUT2D eigenvalue weighted by Gasteiger charge is 2.48. The fourth-order valence-electron chi connectivity index (χ4n) is 3.73. The number of rotatable bonds is 3. The number of benzene rings is 1. The third-order valence-electron chi connectivity index (χ3n) is 4.83. The molecule has 3 rings (SSSR count). The minimum atomic E-state index is -0.837. The van der Waals surface area contributed by atoms with Crippen molar-refractivity contribution in [1.29, 1.82) is 0 Å². The van der Waals surface area contributed by atoms with Crippen LogP contribution in [0.4, 0.5) is 0 Å². The van der Waals surface area contributed by atoms with Crippen molar-refractivity contribution in [1.82, 2.24) is 10.2 Å². The standard InChI is InChI=1S/C17H25N3O2/c1-17(2,18)16(21)20-10-12-8-19-9-14(12)15(20)11-4-6-13(22-3)7-5-11/h4-7,12,14-15,19H,8-10,18H2,1-3H3/t12-,14-,15-/m0/s1. The van der Waals surface area contributed by atoms with E-state index in [1.165, 1.54) is 0 Å². The maximum absolute atomic E-state index is 12.8. The number of likely N-dealkylation sites (tertiary alicyclic amines) is 1. The van der Waals surface area contributed by atoms with Crippen LogP contribution in [0.25, 0.3) is 0 Å². The molecule has 5 nitrogen and oxygen atoms in total. The lowest BCUT2D eigenvalue weighted by Crippen LogP contribution is -2.51. The molecule has 2 saturated heterocycles. The molecule has 2 heterocycles. The molecule has 2 aliphatic rings. The molecule has 0 aromatic heterocycles. The second-order valence-electron chi connectivity index (χ2n) is 6.98. The number of amides is 1. The van der Waals surface area contributed by atoms with E-state index in [2.05, 4.69) is 17.4 Å². The van der Waals surface area contributed by atoms with E-state index in [4.69, 9.17) is 10.5 Å². The maximum Gasteiger partial charge on any atom is 0.242 e. The summed E-state index contributed by atoms with van der Waals surface area (Å²) in [6, 6.07) is 8.14. The lowest BCUT2D eigenvalue weighted by atomic mass is 9.89. The predicted molar refractivity (Wildman–Crippen MR) is 85.6 cm³/mol. The summed E-state index contributed by atoms with van der Waals surface area (Å²) in [5.74, 6) is 1.83. The molecule has 0 radical (unpaired) electrons. The molecule has 0 saturated carbocycles. The van der Waals surface area contributed by atoms with E-state index in [1.54, 1.807) is 21.0 Å². The normalized spacial score (nSPS) is 27.8. The van der Waals surface area contributed by atoms with Crippen LogP contribution in [0.15, 0.2) is 24.3 Å². The van der Waals surface area contributed by atoms with Gasteiger partial charge in [-0.2, -0.15) is 0 Å². The Morgan fingerprint density at radius 2 is 2.00 bits per heavy atom. The van der Waals surface area contributed by atoms with Gasteiger partial charge < -0.3 is 20.7 Å². The van der Waals surface area contributed by atoms with Gasteiger partial charge in [-0.3, -0.25) is 4.79 Å². The van der Waals surface area contributed by atoms with Crippen LogP contribution < -0.4 is 15.8 Å². The van der Waals surface area contributed by atoms with E-state index in [1.807, 2.05) is 17.0 Å². The molecule has 3 atom stereocenters. The molecule has 1 aromatic rings. The first-order valence-electron chi connectivity index (χ1n) is 7.86. The van der Waals surface area contributed by atoms with Crippen LogP contribution >= 0.6 is 0 Å². The Labute approximate surface area is 131 Å². The number of methoxy groups -OCH3 is 1. The fraction of sp³-hybridized carbons (Fsp3) is 0.588. The Hall–Kier alpha value is -1.59. The number of carbonyl (C=O) groups is 1. The summed E-state index contributed by atoms with van der Waals surface area (Å²) in [6.07, 6.45) is 0. The third kappa shape index (κ3) is 2.59. The Morgan fingerprint density at radius 1 is 1.32 bits per heavy atom. The Bertz CT molecular complexity index is 550. The second-order valence-corrected chi connectivity index (χ2v) is 6.98. The van der Waals surface area contributed by atoms with Gasteiger partial charge in [-0.05, 0) is 37.5 Å². The van der Waals surface area contributed by atoms with Crippen molar-refractivity contribution in [3.05, 3.63) is 29.8 Å². The van der Waals surface area contributed by atoms with Crippen molar-refractivity contribution < 1.29 is 9.53 Å². The molecule has 0 unspecified atom stereocenters. The lowest BCUT2D eigenvalue weighted by molar-refractivity contribution is -0.137. The largest absolute Gasteiger partial charge is 0.497 e. The number of carbonyl (C=O) groups excluding carboxylic acids is 1. The van der Waals surface area contributed by atoms with Gasteiger partial charge in [0, 0.05) is 25.6 Å². The van der Waals surface area contributed by atoms with Crippen LogP contribution in [0.1, 0.15) is 25.5 Å². The zero-order valence-electron chi connectivity index (χ0n) is 13.5. The van der Waals surface area contributed by atoms with Crippen molar-refractivity contribution in [2.75, 3.05) is 26.7 Å². The SMILES string of the molecule is COc1ccc([C@H]2[C@H]3CNC[C@H]3CN2C(=O)C(C)(C)N)cc1. The Balaban J connectivity index is 1.93. The number of fused-ring (bicyclic) bond motifs is 1. The van der Waals surface area contributed by atoms with Crippen molar-refractivity contribution in [3.8, 4) is 5.75 Å². The number of hydrogen-bond acceptors (Lipinski definition) is 4. The smallest absolute Gasteiger partial charge is 0.242 e. The highest BCUT2D eigenvalue weighted by atomic mass is 16.5. The van der Waals surface area contributed by atoms with Gasteiger partial charge in [-0.15, -0.1) is 0 Å². The molecule has 0 aliphatic carbocycles. The fourth-order valence-corrected chi connectivity index (χ4v) is 3.73. The van der Waals surface area contributed by atoms with Crippen LogP contribution in [0, 0.1) is 11.8 Å². The molecule has 1 amide bonds. The summed E-state index contributed by atoms with van der Waals surface area (Å²) in [5.41, 5.74) is 6.39. The summed E-state index contributed by atoms with van der Waals surface area (Å²) in [7, 11) is 1.66. The van der Waals surface area contributed by atoms with Crippen LogP contribution in [0.5, 0.6) is 5.75 Å². The van der Waals surface area contributed by atoms with Crippen LogP contribution in [0.2, 0.25) is 0 Å². The van der Waals surface area contributed by atoms with Gasteiger partial charge >= 0.3 is 0 Å². The molecule has 120 valence electrons. The van der Waals surface area contributed by atoms with Crippen molar-refractivity contribution in [2.24, 2.45) is 17.6 Å². The quantitative estimate of drug-likeness (QED) is 0.879. The van der Waals surface area contributed by atoms with Crippen molar-refractivity contribution in [3.63, 3.8) is 0 Å². The van der Waals surface area contributed by atoms with Gasteiger partial charge in [0.1, 0.15) is 5.75 Å².